The molecule has 1 heterocycles. The number of benzene rings is 2. The van der Waals surface area contributed by atoms with E-state index in [4.69, 9.17) is 21.1 Å². The second-order valence-corrected chi connectivity index (χ2v) is 5.87. The molecular formula is C18H17ClN4O3. The van der Waals surface area contributed by atoms with E-state index in [0.717, 1.165) is 5.75 Å². The first-order valence-corrected chi connectivity index (χ1v) is 8.21. The van der Waals surface area contributed by atoms with Crippen LogP contribution in [0.1, 0.15) is 5.69 Å². The van der Waals surface area contributed by atoms with Crippen LogP contribution in [0, 0.1) is 0 Å². The Balaban J connectivity index is 1.51. The monoisotopic (exact) mass is 372 g/mol. The average Bonchev–Trinajstić information content (AvgIpc) is 3.07. The van der Waals surface area contributed by atoms with Crippen molar-refractivity contribution in [2.75, 3.05) is 12.4 Å². The zero-order valence-electron chi connectivity index (χ0n) is 14.1. The smallest absolute Gasteiger partial charge is 0.246 e. The Morgan fingerprint density at radius 3 is 2.69 bits per heavy atom. The summed E-state index contributed by atoms with van der Waals surface area (Å²) in [6, 6.07) is 14.2. The number of hydrogen-bond donors (Lipinski definition) is 1. The number of hydrogen-bond acceptors (Lipinski definition) is 5. The number of nitrogens with zero attached hydrogens (tertiary/aromatic N) is 3. The van der Waals surface area contributed by atoms with Gasteiger partial charge < -0.3 is 14.8 Å². The Morgan fingerprint density at radius 2 is 1.96 bits per heavy atom. The SMILES string of the molecule is COc1ccc(OCc2cn(CC(=O)Nc3cccc(Cl)c3)nn2)cc1. The lowest BCUT2D eigenvalue weighted by atomic mass is 10.3. The van der Waals surface area contributed by atoms with Gasteiger partial charge in [0.1, 0.15) is 30.3 Å². The van der Waals surface area contributed by atoms with Crippen LogP contribution < -0.4 is 14.8 Å². The van der Waals surface area contributed by atoms with Crippen molar-refractivity contribution in [1.29, 1.82) is 0 Å². The molecule has 0 spiro atoms. The molecule has 0 saturated carbocycles. The normalized spacial score (nSPS) is 10.4. The fourth-order valence-corrected chi connectivity index (χ4v) is 2.42. The summed E-state index contributed by atoms with van der Waals surface area (Å²) in [5, 5.41) is 11.2. The number of rotatable bonds is 7. The Bertz CT molecular complexity index is 880. The number of methoxy groups -OCH3 is 1. The van der Waals surface area contributed by atoms with Crippen molar-refractivity contribution < 1.29 is 14.3 Å². The van der Waals surface area contributed by atoms with Crippen molar-refractivity contribution >= 4 is 23.2 Å². The van der Waals surface area contributed by atoms with Crippen LogP contribution in [0.5, 0.6) is 11.5 Å². The van der Waals surface area contributed by atoms with E-state index >= 15 is 0 Å². The van der Waals surface area contributed by atoms with Crippen molar-refractivity contribution in [3.05, 3.63) is 65.4 Å². The molecule has 3 aromatic rings. The minimum Gasteiger partial charge on any atom is -0.497 e. The van der Waals surface area contributed by atoms with E-state index in [-0.39, 0.29) is 19.1 Å². The molecule has 3 rings (SSSR count). The van der Waals surface area contributed by atoms with Crippen LogP contribution in [-0.2, 0) is 17.9 Å². The van der Waals surface area contributed by atoms with Gasteiger partial charge in [-0.15, -0.1) is 5.10 Å². The molecule has 0 aliphatic heterocycles. The topological polar surface area (TPSA) is 78.3 Å². The van der Waals surface area contributed by atoms with Gasteiger partial charge in [0.05, 0.1) is 13.3 Å². The van der Waals surface area contributed by atoms with E-state index in [2.05, 4.69) is 15.6 Å². The molecule has 26 heavy (non-hydrogen) atoms. The highest BCUT2D eigenvalue weighted by Gasteiger charge is 2.08. The molecule has 1 N–H and O–H groups in total. The molecule has 134 valence electrons. The van der Waals surface area contributed by atoms with Crippen LogP contribution in [0.4, 0.5) is 5.69 Å². The second kappa shape index (κ2) is 8.35. The van der Waals surface area contributed by atoms with Gasteiger partial charge in [0, 0.05) is 10.7 Å². The second-order valence-electron chi connectivity index (χ2n) is 5.43. The van der Waals surface area contributed by atoms with E-state index in [0.29, 0.717) is 22.2 Å². The molecule has 0 aliphatic rings. The summed E-state index contributed by atoms with van der Waals surface area (Å²) < 4.78 is 12.2. The van der Waals surface area contributed by atoms with Crippen LogP contribution in [0.2, 0.25) is 5.02 Å². The third-order valence-corrected chi connectivity index (χ3v) is 3.68. The summed E-state index contributed by atoms with van der Waals surface area (Å²) in [7, 11) is 1.61. The summed E-state index contributed by atoms with van der Waals surface area (Å²) in [6.07, 6.45) is 1.67. The molecule has 0 atom stereocenters. The zero-order valence-corrected chi connectivity index (χ0v) is 14.8. The van der Waals surface area contributed by atoms with E-state index in [9.17, 15) is 4.79 Å². The molecular weight excluding hydrogens is 356 g/mol. The molecule has 0 radical (unpaired) electrons. The largest absolute Gasteiger partial charge is 0.497 e. The molecule has 1 amide bonds. The lowest BCUT2D eigenvalue weighted by molar-refractivity contribution is -0.116. The number of ether oxygens (including phenoxy) is 2. The lowest BCUT2D eigenvalue weighted by Crippen LogP contribution is -2.19. The Morgan fingerprint density at radius 1 is 1.19 bits per heavy atom. The van der Waals surface area contributed by atoms with Gasteiger partial charge >= 0.3 is 0 Å². The Hall–Kier alpha value is -3.06. The van der Waals surface area contributed by atoms with Crippen LogP contribution in [0.25, 0.3) is 0 Å². The zero-order chi connectivity index (χ0) is 18.4. The maximum absolute atomic E-state index is 12.1. The minimum absolute atomic E-state index is 0.0437. The summed E-state index contributed by atoms with van der Waals surface area (Å²) in [5.41, 5.74) is 1.25. The summed E-state index contributed by atoms with van der Waals surface area (Å²) in [6.45, 7) is 0.296. The van der Waals surface area contributed by atoms with Gasteiger partial charge in [-0.05, 0) is 42.5 Å². The first-order valence-electron chi connectivity index (χ1n) is 7.83. The Kier molecular flexibility index (Phi) is 5.70. The molecule has 0 fully saturated rings. The molecule has 8 heteroatoms. The number of nitrogens with one attached hydrogen (secondary N) is 1. The van der Waals surface area contributed by atoms with E-state index in [1.54, 1.807) is 37.6 Å². The van der Waals surface area contributed by atoms with E-state index in [1.165, 1.54) is 4.68 Å². The predicted octanol–water partition coefficient (Wildman–Crippen LogP) is 3.16. The van der Waals surface area contributed by atoms with E-state index < -0.39 is 0 Å². The van der Waals surface area contributed by atoms with Crippen molar-refractivity contribution in [3.8, 4) is 11.5 Å². The highest BCUT2D eigenvalue weighted by molar-refractivity contribution is 6.30. The fourth-order valence-electron chi connectivity index (χ4n) is 2.23. The van der Waals surface area contributed by atoms with Gasteiger partial charge in [-0.3, -0.25) is 4.79 Å². The third-order valence-electron chi connectivity index (χ3n) is 3.45. The van der Waals surface area contributed by atoms with Crippen molar-refractivity contribution in [2.45, 2.75) is 13.2 Å². The van der Waals surface area contributed by atoms with Gasteiger partial charge in [-0.25, -0.2) is 4.68 Å². The highest BCUT2D eigenvalue weighted by atomic mass is 35.5. The van der Waals surface area contributed by atoms with Gasteiger partial charge in [-0.1, -0.05) is 22.9 Å². The lowest BCUT2D eigenvalue weighted by Gasteiger charge is -2.05. The molecule has 7 nitrogen and oxygen atoms in total. The number of amides is 1. The summed E-state index contributed by atoms with van der Waals surface area (Å²) in [5.74, 6) is 1.23. The quantitative estimate of drug-likeness (QED) is 0.689. The number of aromatic nitrogens is 3. The van der Waals surface area contributed by atoms with Crippen molar-refractivity contribution in [2.24, 2.45) is 0 Å². The Labute approximate surface area is 155 Å². The number of carbonyl (C=O) groups is 1. The highest BCUT2D eigenvalue weighted by Crippen LogP contribution is 2.18. The van der Waals surface area contributed by atoms with Crippen LogP contribution in [0.15, 0.2) is 54.7 Å². The molecule has 0 unspecified atom stereocenters. The van der Waals surface area contributed by atoms with Crippen LogP contribution in [-0.4, -0.2) is 28.0 Å². The number of halogens is 1. The van der Waals surface area contributed by atoms with Crippen LogP contribution >= 0.6 is 11.6 Å². The fraction of sp³-hybridized carbons (Fsp3) is 0.167. The predicted molar refractivity (Wildman–Crippen MR) is 97.4 cm³/mol. The van der Waals surface area contributed by atoms with Crippen molar-refractivity contribution in [3.63, 3.8) is 0 Å². The van der Waals surface area contributed by atoms with Crippen LogP contribution in [0.3, 0.4) is 0 Å². The third kappa shape index (κ3) is 4.97. The van der Waals surface area contributed by atoms with Gasteiger partial charge in [-0.2, -0.15) is 0 Å². The minimum atomic E-state index is -0.222. The van der Waals surface area contributed by atoms with E-state index in [1.807, 2.05) is 24.3 Å². The molecule has 1 aromatic heterocycles. The first kappa shape index (κ1) is 17.8. The van der Waals surface area contributed by atoms with Gasteiger partial charge in [0.15, 0.2) is 0 Å². The van der Waals surface area contributed by atoms with Crippen molar-refractivity contribution in [1.82, 2.24) is 15.0 Å². The molecule has 0 aliphatic carbocycles. The summed E-state index contributed by atoms with van der Waals surface area (Å²) in [4.78, 5) is 12.1. The first-order chi connectivity index (χ1) is 12.6. The summed E-state index contributed by atoms with van der Waals surface area (Å²) >= 11 is 5.89. The molecule has 0 saturated heterocycles. The van der Waals surface area contributed by atoms with Gasteiger partial charge in [0.2, 0.25) is 5.91 Å². The maximum Gasteiger partial charge on any atom is 0.246 e. The molecule has 2 aromatic carbocycles. The molecule has 0 bridgehead atoms. The number of carbonyl (C=O) groups excluding carboxylic acids is 1. The maximum atomic E-state index is 12.1. The standard InChI is InChI=1S/C18H17ClN4O3/c1-25-16-5-7-17(8-6-16)26-12-15-10-23(22-21-15)11-18(24)20-14-4-2-3-13(19)9-14/h2-10H,11-12H2,1H3,(H,20,24). The van der Waals surface area contributed by atoms with Gasteiger partial charge in [0.25, 0.3) is 0 Å². The number of anilines is 1. The average molecular weight is 373 g/mol.